The first-order valence-corrected chi connectivity index (χ1v) is 11.8. The Bertz CT molecular complexity index is 1080. The van der Waals surface area contributed by atoms with Crippen LogP contribution in [0.5, 0.6) is 0 Å². The molecule has 1 aliphatic carbocycles. The summed E-state index contributed by atoms with van der Waals surface area (Å²) >= 11 is 6.72. The number of aryl methyl sites for hydroxylation is 1. The fourth-order valence-corrected chi connectivity index (χ4v) is 6.03. The lowest BCUT2D eigenvalue weighted by Crippen LogP contribution is -2.47. The van der Waals surface area contributed by atoms with E-state index < -0.39 is 10.0 Å². The number of fused-ring (bicyclic) bond motifs is 1. The first kappa shape index (κ1) is 20.4. The maximum Gasteiger partial charge on any atom is 0.243 e. The zero-order chi connectivity index (χ0) is 20.8. The van der Waals surface area contributed by atoms with Crippen LogP contribution in [0.1, 0.15) is 37.3 Å². The van der Waals surface area contributed by atoms with Crippen molar-refractivity contribution >= 4 is 21.6 Å². The fraction of sp³-hybridized carbons (Fsp3) is 0.333. The van der Waals surface area contributed by atoms with E-state index in [0.29, 0.717) is 28.9 Å². The number of rotatable bonds is 4. The molecule has 2 aromatic rings. The normalized spacial score (nSPS) is 22.1. The summed E-state index contributed by atoms with van der Waals surface area (Å²) in [5.41, 5.74) is 5.64. The van der Waals surface area contributed by atoms with Gasteiger partial charge in [0.05, 0.1) is 4.90 Å². The third kappa shape index (κ3) is 3.70. The smallest absolute Gasteiger partial charge is 0.207 e. The number of sulfonamides is 1. The van der Waals surface area contributed by atoms with E-state index in [4.69, 9.17) is 11.6 Å². The van der Waals surface area contributed by atoms with Gasteiger partial charge >= 0.3 is 0 Å². The first-order valence-electron chi connectivity index (χ1n) is 9.97. The molecule has 152 valence electrons. The lowest BCUT2D eigenvalue weighted by Gasteiger charge is -2.47. The van der Waals surface area contributed by atoms with Crippen LogP contribution in [0.15, 0.2) is 81.2 Å². The van der Waals surface area contributed by atoms with Gasteiger partial charge in [-0.15, -0.1) is 0 Å². The van der Waals surface area contributed by atoms with Gasteiger partial charge in [0, 0.05) is 24.0 Å². The number of allylic oxidation sites excluding steroid dienone is 1. The van der Waals surface area contributed by atoms with E-state index in [-0.39, 0.29) is 5.92 Å². The quantitative estimate of drug-likeness (QED) is 0.633. The van der Waals surface area contributed by atoms with E-state index in [0.717, 1.165) is 23.1 Å². The van der Waals surface area contributed by atoms with Gasteiger partial charge in [0.25, 0.3) is 0 Å². The molecule has 2 aromatic carbocycles. The molecule has 1 heterocycles. The zero-order valence-corrected chi connectivity index (χ0v) is 18.6. The summed E-state index contributed by atoms with van der Waals surface area (Å²) in [6.07, 6.45) is 0.954. The number of hydrogen-bond acceptors (Lipinski definition) is 2. The highest BCUT2D eigenvalue weighted by Gasteiger charge is 2.45. The van der Waals surface area contributed by atoms with Crippen LogP contribution in [0.2, 0.25) is 0 Å². The van der Waals surface area contributed by atoms with Gasteiger partial charge in [-0.05, 0) is 56.4 Å². The Kier molecular flexibility index (Phi) is 5.45. The summed E-state index contributed by atoms with van der Waals surface area (Å²) in [5, 5.41) is 0.703. The lowest BCUT2D eigenvalue weighted by atomic mass is 9.63. The molecule has 0 radical (unpaired) electrons. The largest absolute Gasteiger partial charge is 0.243 e. The van der Waals surface area contributed by atoms with Gasteiger partial charge < -0.3 is 0 Å². The molecule has 1 aliphatic heterocycles. The van der Waals surface area contributed by atoms with Crippen LogP contribution in [0.25, 0.3) is 0 Å². The molecule has 3 nitrogen and oxygen atoms in total. The van der Waals surface area contributed by atoms with E-state index in [2.05, 4.69) is 24.3 Å². The summed E-state index contributed by atoms with van der Waals surface area (Å²) < 4.78 is 28.2. The molecule has 1 saturated carbocycles. The van der Waals surface area contributed by atoms with Gasteiger partial charge in [0.15, 0.2) is 0 Å². The Morgan fingerprint density at radius 3 is 2.31 bits per heavy atom. The predicted molar refractivity (Wildman–Crippen MR) is 118 cm³/mol. The van der Waals surface area contributed by atoms with Crippen molar-refractivity contribution in [2.24, 2.45) is 5.92 Å². The molecule has 0 N–H and O–H groups in total. The standard InChI is InChI=1S/C24H26ClNO2S/c1-16(2)24(25)22-15-26(29(27,28)20-11-9-17(3)10-12-20)14-19-13-21(23(19)22)18-7-5-4-6-8-18/h4-12,19,21H,13-15H2,1-3H3/t19-,21+/m1/s1. The highest BCUT2D eigenvalue weighted by molar-refractivity contribution is 7.89. The summed E-state index contributed by atoms with van der Waals surface area (Å²) in [6, 6.07) is 17.5. The van der Waals surface area contributed by atoms with E-state index in [1.165, 1.54) is 11.1 Å². The van der Waals surface area contributed by atoms with Crippen molar-refractivity contribution in [1.29, 1.82) is 0 Å². The van der Waals surface area contributed by atoms with Gasteiger partial charge in [-0.25, -0.2) is 8.42 Å². The van der Waals surface area contributed by atoms with Crippen molar-refractivity contribution < 1.29 is 8.42 Å². The third-order valence-electron chi connectivity index (χ3n) is 6.01. The maximum atomic E-state index is 13.3. The third-order valence-corrected chi connectivity index (χ3v) is 8.44. The second-order valence-electron chi connectivity index (χ2n) is 8.25. The highest BCUT2D eigenvalue weighted by atomic mass is 35.5. The molecule has 1 fully saturated rings. The number of hydrogen-bond donors (Lipinski definition) is 0. The molecular formula is C24H26ClNO2S. The second-order valence-corrected chi connectivity index (χ2v) is 10.6. The minimum absolute atomic E-state index is 0.220. The van der Waals surface area contributed by atoms with Crippen LogP contribution in [0, 0.1) is 12.8 Å². The Labute approximate surface area is 178 Å². The second kappa shape index (κ2) is 7.75. The Morgan fingerprint density at radius 2 is 1.69 bits per heavy atom. The van der Waals surface area contributed by atoms with E-state index in [1.54, 1.807) is 16.4 Å². The Hall–Kier alpha value is -1.88. The van der Waals surface area contributed by atoms with Gasteiger partial charge in [0.1, 0.15) is 0 Å². The van der Waals surface area contributed by atoms with Crippen molar-refractivity contribution in [3.8, 4) is 0 Å². The van der Waals surface area contributed by atoms with E-state index in [1.807, 2.05) is 39.0 Å². The van der Waals surface area contributed by atoms with Crippen molar-refractivity contribution in [1.82, 2.24) is 4.31 Å². The molecule has 0 aromatic heterocycles. The maximum absolute atomic E-state index is 13.3. The van der Waals surface area contributed by atoms with Crippen molar-refractivity contribution in [2.45, 2.75) is 38.0 Å². The number of benzene rings is 2. The summed E-state index contributed by atoms with van der Waals surface area (Å²) in [6.45, 7) is 6.76. The lowest BCUT2D eigenvalue weighted by molar-refractivity contribution is 0.275. The molecule has 29 heavy (non-hydrogen) atoms. The molecule has 0 spiro atoms. The molecule has 5 heteroatoms. The van der Waals surface area contributed by atoms with Crippen LogP contribution >= 0.6 is 11.6 Å². The monoisotopic (exact) mass is 427 g/mol. The first-order chi connectivity index (χ1) is 13.8. The summed E-state index contributed by atoms with van der Waals surface area (Å²) in [7, 11) is -3.56. The molecule has 0 saturated heterocycles. The Balaban J connectivity index is 1.74. The Morgan fingerprint density at radius 1 is 1.03 bits per heavy atom. The van der Waals surface area contributed by atoms with Gasteiger partial charge in [-0.2, -0.15) is 4.31 Å². The summed E-state index contributed by atoms with van der Waals surface area (Å²) in [4.78, 5) is 0.346. The SMILES string of the molecule is CC(C)=C(Cl)C1=C2[C@H](C[C@H]2c2ccccc2)CN(S(=O)(=O)c2ccc(C)cc2)C1. The molecule has 4 rings (SSSR count). The van der Waals surface area contributed by atoms with Crippen LogP contribution < -0.4 is 0 Å². The van der Waals surface area contributed by atoms with E-state index in [9.17, 15) is 8.42 Å². The molecule has 0 bridgehead atoms. The van der Waals surface area contributed by atoms with Crippen molar-refractivity contribution in [2.75, 3.05) is 13.1 Å². The topological polar surface area (TPSA) is 37.4 Å². The molecule has 2 atom stereocenters. The average molecular weight is 428 g/mol. The van der Waals surface area contributed by atoms with Gasteiger partial charge in [-0.3, -0.25) is 0 Å². The summed E-state index contributed by atoms with van der Waals surface area (Å²) in [5.74, 6) is 0.547. The molecular weight excluding hydrogens is 402 g/mol. The van der Waals surface area contributed by atoms with Crippen molar-refractivity contribution in [3.05, 3.63) is 87.5 Å². The minimum atomic E-state index is -3.56. The average Bonchev–Trinajstić information content (AvgIpc) is 2.68. The number of halogens is 1. The van der Waals surface area contributed by atoms with Crippen LogP contribution in [0.4, 0.5) is 0 Å². The van der Waals surface area contributed by atoms with Gasteiger partial charge in [0.2, 0.25) is 10.0 Å². The van der Waals surface area contributed by atoms with E-state index >= 15 is 0 Å². The highest BCUT2D eigenvalue weighted by Crippen LogP contribution is 2.53. The van der Waals surface area contributed by atoms with Crippen LogP contribution in [-0.4, -0.2) is 25.8 Å². The van der Waals surface area contributed by atoms with Crippen LogP contribution in [0.3, 0.4) is 0 Å². The van der Waals surface area contributed by atoms with Crippen molar-refractivity contribution in [3.63, 3.8) is 0 Å². The zero-order valence-electron chi connectivity index (χ0n) is 17.0. The predicted octanol–water partition coefficient (Wildman–Crippen LogP) is 5.63. The number of nitrogens with zero attached hydrogens (tertiary/aromatic N) is 1. The molecule has 0 unspecified atom stereocenters. The molecule has 0 amide bonds. The minimum Gasteiger partial charge on any atom is -0.207 e. The molecule has 2 aliphatic rings. The fourth-order valence-electron chi connectivity index (χ4n) is 4.41. The van der Waals surface area contributed by atoms with Crippen LogP contribution in [-0.2, 0) is 10.0 Å². The van der Waals surface area contributed by atoms with Gasteiger partial charge in [-0.1, -0.05) is 70.8 Å².